The van der Waals surface area contributed by atoms with Gasteiger partial charge in [0.05, 0.1) is 22.6 Å². The molecule has 0 bridgehead atoms. The van der Waals surface area contributed by atoms with E-state index >= 15 is 0 Å². The zero-order valence-corrected chi connectivity index (χ0v) is 20.2. The van der Waals surface area contributed by atoms with Crippen LogP contribution in [0.25, 0.3) is 11.4 Å². The minimum absolute atomic E-state index is 0.00279. The molecule has 38 heavy (non-hydrogen) atoms. The highest BCUT2D eigenvalue weighted by Crippen LogP contribution is 2.29. The molecule has 2 aromatic carbocycles. The summed E-state index contributed by atoms with van der Waals surface area (Å²) in [4.78, 5) is 43.0. The van der Waals surface area contributed by atoms with Crippen LogP contribution >= 0.6 is 0 Å². The first-order valence-corrected chi connectivity index (χ1v) is 11.3. The summed E-state index contributed by atoms with van der Waals surface area (Å²) < 4.78 is 34.2. The van der Waals surface area contributed by atoms with Gasteiger partial charge in [-0.05, 0) is 61.9 Å². The van der Waals surface area contributed by atoms with Crippen LogP contribution < -0.4 is 15.4 Å². The van der Waals surface area contributed by atoms with Crippen LogP contribution in [0, 0.1) is 18.6 Å². The number of aromatic nitrogens is 2. The molecule has 1 atom stereocenters. The molecule has 0 aliphatic rings. The van der Waals surface area contributed by atoms with Crippen molar-refractivity contribution in [3.63, 3.8) is 0 Å². The van der Waals surface area contributed by atoms with E-state index in [0.717, 1.165) is 11.6 Å². The number of nitrogens with one attached hydrogen (secondary N) is 3. The average molecular weight is 520 g/mol. The van der Waals surface area contributed by atoms with Gasteiger partial charge >= 0.3 is 5.97 Å². The van der Waals surface area contributed by atoms with E-state index in [1.54, 1.807) is 13.0 Å². The molecular weight excluding hydrogens is 498 g/mol. The molecule has 4 rings (SSSR count). The summed E-state index contributed by atoms with van der Waals surface area (Å²) in [5.41, 5.74) is 1.78. The number of ether oxygens (including phenoxy) is 1. The number of aromatic amines is 1. The van der Waals surface area contributed by atoms with Gasteiger partial charge in [0.2, 0.25) is 0 Å². The van der Waals surface area contributed by atoms with E-state index in [4.69, 9.17) is 9.84 Å². The molecule has 0 aliphatic carbocycles. The molecule has 2 heterocycles. The van der Waals surface area contributed by atoms with Gasteiger partial charge in [-0.15, -0.1) is 0 Å². The second kappa shape index (κ2) is 10.9. The number of halogens is 2. The van der Waals surface area contributed by atoms with Crippen molar-refractivity contribution in [1.29, 1.82) is 0 Å². The maximum atomic E-state index is 14.5. The number of anilines is 1. The van der Waals surface area contributed by atoms with Crippen molar-refractivity contribution < 1.29 is 33.0 Å². The number of hydrogen-bond acceptors (Lipinski definition) is 5. The van der Waals surface area contributed by atoms with E-state index in [0.29, 0.717) is 11.4 Å². The number of aryl methyl sites for hydroxylation is 1. The monoisotopic (exact) mass is 520 g/mol. The summed E-state index contributed by atoms with van der Waals surface area (Å²) in [5.74, 6) is -3.79. The summed E-state index contributed by atoms with van der Waals surface area (Å²) in [6.45, 7) is 3.10. The van der Waals surface area contributed by atoms with Crippen LogP contribution in [0.4, 0.5) is 14.5 Å². The lowest BCUT2D eigenvalue weighted by atomic mass is 10.1. The van der Waals surface area contributed by atoms with Gasteiger partial charge in [0, 0.05) is 24.0 Å². The quantitative estimate of drug-likeness (QED) is 0.261. The lowest BCUT2D eigenvalue weighted by molar-refractivity contribution is -0.138. The molecule has 0 saturated carbocycles. The zero-order chi connectivity index (χ0) is 27.4. The molecule has 2 aromatic heterocycles. The Bertz CT molecular complexity index is 1540. The van der Waals surface area contributed by atoms with Crippen molar-refractivity contribution in [1.82, 2.24) is 15.3 Å². The Morgan fingerprint density at radius 1 is 0.974 bits per heavy atom. The molecule has 4 aromatic rings. The van der Waals surface area contributed by atoms with Gasteiger partial charge < -0.3 is 25.5 Å². The maximum Gasteiger partial charge on any atom is 0.325 e. The zero-order valence-electron chi connectivity index (χ0n) is 20.2. The fourth-order valence-corrected chi connectivity index (χ4v) is 3.42. The van der Waals surface area contributed by atoms with Gasteiger partial charge in [0.1, 0.15) is 17.6 Å². The second-order valence-electron chi connectivity index (χ2n) is 8.40. The predicted molar refractivity (Wildman–Crippen MR) is 134 cm³/mol. The number of aliphatic carboxylic acids is 1. The number of pyridine rings is 1. The Hall–Kier alpha value is -5.06. The van der Waals surface area contributed by atoms with Crippen LogP contribution in [0.1, 0.15) is 33.2 Å². The fourth-order valence-electron chi connectivity index (χ4n) is 3.42. The molecule has 1 unspecified atom stereocenters. The fraction of sp³-hybridized carbons (Fsp3) is 0.111. The van der Waals surface area contributed by atoms with E-state index < -0.39 is 35.5 Å². The van der Waals surface area contributed by atoms with E-state index in [1.807, 2.05) is 0 Å². The van der Waals surface area contributed by atoms with E-state index in [9.17, 15) is 23.2 Å². The third-order valence-corrected chi connectivity index (χ3v) is 5.46. The van der Waals surface area contributed by atoms with Gasteiger partial charge in [0.15, 0.2) is 11.6 Å². The number of carbonyl (C=O) groups is 3. The summed E-state index contributed by atoms with van der Waals surface area (Å²) >= 11 is 0. The normalized spacial score (nSPS) is 11.5. The Morgan fingerprint density at radius 3 is 2.50 bits per heavy atom. The van der Waals surface area contributed by atoms with Crippen molar-refractivity contribution in [3.8, 4) is 22.9 Å². The number of carbonyl (C=O) groups excluding carboxylic acids is 2. The van der Waals surface area contributed by atoms with Crippen LogP contribution in [0.2, 0.25) is 0 Å². The van der Waals surface area contributed by atoms with Crippen LogP contribution in [0.15, 0.2) is 67.0 Å². The minimum Gasteiger partial charge on any atom is -0.480 e. The number of carboxylic acid groups (broad SMARTS) is 1. The average Bonchev–Trinajstić information content (AvgIpc) is 3.38. The van der Waals surface area contributed by atoms with Crippen LogP contribution in [-0.4, -0.2) is 38.9 Å². The molecule has 11 heteroatoms. The molecule has 0 aliphatic heterocycles. The minimum atomic E-state index is -1.17. The van der Waals surface area contributed by atoms with Crippen LogP contribution in [-0.2, 0) is 4.79 Å². The summed E-state index contributed by atoms with van der Waals surface area (Å²) in [6, 6.07) is 11.2. The first-order chi connectivity index (χ1) is 18.1. The van der Waals surface area contributed by atoms with Crippen LogP contribution in [0.3, 0.4) is 0 Å². The third kappa shape index (κ3) is 6.01. The standard InChI is InChI=1S/C27H22F2N4O5/c1-14-3-5-19(28)21(9-14)33-25(34)16-4-6-20(29)24(11-16)38-18-7-8-30-23(12-18)22-10-17(13-31-22)26(35)32-15(2)27(36)37/h3-13,15,31H,1-2H3,(H,32,35)(H,33,34)(H,36,37). The Morgan fingerprint density at radius 2 is 1.74 bits per heavy atom. The predicted octanol–water partition coefficient (Wildman–Crippen LogP) is 4.91. The van der Waals surface area contributed by atoms with Crippen molar-refractivity contribution in [2.75, 3.05) is 5.32 Å². The highest BCUT2D eigenvalue weighted by Gasteiger charge is 2.18. The molecule has 9 nitrogen and oxygen atoms in total. The molecule has 0 spiro atoms. The molecular formula is C27H22F2N4O5. The molecule has 4 N–H and O–H groups in total. The van der Waals surface area contributed by atoms with Crippen molar-refractivity contribution in [2.45, 2.75) is 19.9 Å². The van der Waals surface area contributed by atoms with E-state index in [2.05, 4.69) is 20.6 Å². The second-order valence-corrected chi connectivity index (χ2v) is 8.40. The summed E-state index contributed by atoms with van der Waals surface area (Å²) in [6.07, 6.45) is 2.81. The first-order valence-electron chi connectivity index (χ1n) is 11.3. The largest absolute Gasteiger partial charge is 0.480 e. The topological polar surface area (TPSA) is 133 Å². The number of carboxylic acids is 1. The number of benzene rings is 2. The Balaban J connectivity index is 1.51. The summed E-state index contributed by atoms with van der Waals surface area (Å²) in [5, 5.41) is 13.8. The number of amides is 2. The van der Waals surface area contributed by atoms with Crippen molar-refractivity contribution in [3.05, 3.63) is 95.3 Å². The maximum absolute atomic E-state index is 14.5. The number of H-pyrrole nitrogens is 1. The van der Waals surface area contributed by atoms with Gasteiger partial charge in [-0.25, -0.2) is 8.78 Å². The summed E-state index contributed by atoms with van der Waals surface area (Å²) in [7, 11) is 0. The molecule has 194 valence electrons. The number of hydrogen-bond donors (Lipinski definition) is 4. The highest BCUT2D eigenvalue weighted by atomic mass is 19.1. The van der Waals surface area contributed by atoms with Crippen molar-refractivity contribution >= 4 is 23.5 Å². The Labute approximate surface area is 215 Å². The first kappa shape index (κ1) is 26.0. The van der Waals surface area contributed by atoms with Crippen molar-refractivity contribution in [2.24, 2.45) is 0 Å². The smallest absolute Gasteiger partial charge is 0.325 e. The highest BCUT2D eigenvalue weighted by molar-refractivity contribution is 6.04. The molecule has 2 amide bonds. The number of nitrogens with zero attached hydrogens (tertiary/aromatic N) is 1. The Kier molecular flexibility index (Phi) is 7.47. The van der Waals surface area contributed by atoms with Gasteiger partial charge in [-0.3, -0.25) is 19.4 Å². The lowest BCUT2D eigenvalue weighted by Crippen LogP contribution is -2.38. The molecule has 0 fully saturated rings. The third-order valence-electron chi connectivity index (χ3n) is 5.46. The SMILES string of the molecule is Cc1ccc(F)c(NC(=O)c2ccc(F)c(Oc3ccnc(-c4cc(C(=O)NC(C)C(=O)O)c[nH]4)c3)c2)c1. The molecule has 0 radical (unpaired) electrons. The molecule has 0 saturated heterocycles. The number of rotatable bonds is 8. The lowest BCUT2D eigenvalue weighted by Gasteiger charge is -2.11. The van der Waals surface area contributed by atoms with Gasteiger partial charge in [0.25, 0.3) is 11.8 Å². The van der Waals surface area contributed by atoms with Crippen LogP contribution in [0.5, 0.6) is 11.5 Å². The van der Waals surface area contributed by atoms with Gasteiger partial charge in [-0.2, -0.15) is 0 Å². The van der Waals surface area contributed by atoms with E-state index in [-0.39, 0.29) is 28.3 Å². The van der Waals surface area contributed by atoms with Gasteiger partial charge in [-0.1, -0.05) is 6.07 Å². The van der Waals surface area contributed by atoms with E-state index in [1.165, 1.54) is 61.8 Å².